The van der Waals surface area contributed by atoms with Crippen LogP contribution in [0.5, 0.6) is 0 Å². The second-order valence-electron chi connectivity index (χ2n) is 5.79. The van der Waals surface area contributed by atoms with Crippen LogP contribution in [-0.2, 0) is 4.79 Å². The van der Waals surface area contributed by atoms with E-state index in [1.165, 1.54) is 0 Å². The molecule has 1 N–H and O–H groups in total. The first-order chi connectivity index (χ1) is 11.1. The molecule has 1 fully saturated rings. The highest BCUT2D eigenvalue weighted by molar-refractivity contribution is 7.13. The highest BCUT2D eigenvalue weighted by Crippen LogP contribution is 2.30. The Kier molecular flexibility index (Phi) is 4.71. The van der Waals surface area contributed by atoms with E-state index < -0.39 is 0 Å². The Morgan fingerprint density at radius 1 is 1.48 bits per heavy atom. The van der Waals surface area contributed by atoms with Gasteiger partial charge in [0.1, 0.15) is 5.82 Å². The first-order valence-corrected chi connectivity index (χ1v) is 8.59. The summed E-state index contributed by atoms with van der Waals surface area (Å²) in [4.78, 5) is 22.9. The second kappa shape index (κ2) is 6.91. The van der Waals surface area contributed by atoms with Gasteiger partial charge in [-0.2, -0.15) is 0 Å². The van der Waals surface area contributed by atoms with Crippen molar-refractivity contribution < 1.29 is 4.79 Å². The third-order valence-corrected chi connectivity index (χ3v) is 4.69. The van der Waals surface area contributed by atoms with Crippen molar-refractivity contribution in [2.24, 2.45) is 0 Å². The van der Waals surface area contributed by atoms with E-state index in [9.17, 15) is 4.79 Å². The first kappa shape index (κ1) is 15.7. The number of nitrogens with zero attached hydrogens (tertiary/aromatic N) is 3. The number of hydrogen-bond donors (Lipinski definition) is 1. The minimum Gasteiger partial charge on any atom is -0.338 e. The van der Waals surface area contributed by atoms with E-state index in [4.69, 9.17) is 0 Å². The molecule has 120 valence electrons. The van der Waals surface area contributed by atoms with E-state index in [2.05, 4.69) is 27.2 Å². The number of thiazole rings is 1. The van der Waals surface area contributed by atoms with Crippen LogP contribution in [-0.4, -0.2) is 33.9 Å². The molecule has 1 aliphatic rings. The number of likely N-dealkylation sites (tertiary alicyclic amines) is 1. The third kappa shape index (κ3) is 3.76. The minimum atomic E-state index is 0.0526. The van der Waals surface area contributed by atoms with Gasteiger partial charge in [0, 0.05) is 36.2 Å². The number of carbonyl (C=O) groups excluding carboxylic acids is 1. The maximum Gasteiger partial charge on any atom is 0.248 e. The molecule has 2 aromatic rings. The molecule has 0 spiro atoms. The summed E-state index contributed by atoms with van der Waals surface area (Å²) in [5.74, 6) is 1.13. The predicted molar refractivity (Wildman–Crippen MR) is 93.0 cm³/mol. The molecular formula is C17H20N4OS. The second-order valence-corrected chi connectivity index (χ2v) is 6.65. The summed E-state index contributed by atoms with van der Waals surface area (Å²) in [6.45, 7) is 7.06. The predicted octanol–water partition coefficient (Wildman–Crippen LogP) is 3.56. The summed E-state index contributed by atoms with van der Waals surface area (Å²) < 4.78 is 0. The largest absolute Gasteiger partial charge is 0.338 e. The van der Waals surface area contributed by atoms with Crippen LogP contribution in [0.15, 0.2) is 41.9 Å². The van der Waals surface area contributed by atoms with Gasteiger partial charge in [0.25, 0.3) is 0 Å². The molecule has 1 atom stereocenters. The van der Waals surface area contributed by atoms with Crippen LogP contribution >= 0.6 is 11.3 Å². The number of amides is 1. The van der Waals surface area contributed by atoms with E-state index in [1.54, 1.807) is 24.5 Å². The summed E-state index contributed by atoms with van der Waals surface area (Å²) in [5.41, 5.74) is 1.65. The van der Waals surface area contributed by atoms with Gasteiger partial charge < -0.3 is 10.2 Å². The van der Waals surface area contributed by atoms with Gasteiger partial charge in [-0.1, -0.05) is 12.6 Å². The SMILES string of the molecule is C=C(C)C(=O)N1CCCC(c2csc(Nc3ccccn3)n2)C1. The van der Waals surface area contributed by atoms with Gasteiger partial charge in [-0.25, -0.2) is 9.97 Å². The summed E-state index contributed by atoms with van der Waals surface area (Å²) in [5, 5.41) is 6.13. The van der Waals surface area contributed by atoms with Gasteiger partial charge >= 0.3 is 0 Å². The van der Waals surface area contributed by atoms with Gasteiger partial charge in [0.2, 0.25) is 5.91 Å². The standard InChI is InChI=1S/C17H20N4OS/c1-12(2)16(22)21-9-5-6-13(10-21)14-11-23-17(19-14)20-15-7-3-4-8-18-15/h3-4,7-8,11,13H,1,5-6,9-10H2,2H3,(H,18,19,20). The van der Waals surface area contributed by atoms with E-state index in [0.29, 0.717) is 11.5 Å². The van der Waals surface area contributed by atoms with Crippen LogP contribution in [0.1, 0.15) is 31.4 Å². The van der Waals surface area contributed by atoms with E-state index in [-0.39, 0.29) is 5.91 Å². The molecule has 0 aliphatic carbocycles. The van der Waals surface area contributed by atoms with Crippen molar-refractivity contribution >= 4 is 28.2 Å². The number of anilines is 2. The van der Waals surface area contributed by atoms with Gasteiger partial charge in [-0.3, -0.25) is 4.79 Å². The zero-order chi connectivity index (χ0) is 16.2. The molecule has 0 aromatic carbocycles. The molecule has 5 nitrogen and oxygen atoms in total. The number of carbonyl (C=O) groups is 1. The van der Waals surface area contributed by atoms with Crippen LogP contribution in [0.2, 0.25) is 0 Å². The molecule has 1 saturated heterocycles. The fourth-order valence-electron chi connectivity index (χ4n) is 2.75. The first-order valence-electron chi connectivity index (χ1n) is 7.72. The Labute approximate surface area is 140 Å². The molecular weight excluding hydrogens is 308 g/mol. The molecule has 6 heteroatoms. The number of pyridine rings is 1. The van der Waals surface area contributed by atoms with Crippen molar-refractivity contribution in [3.8, 4) is 0 Å². The summed E-state index contributed by atoms with van der Waals surface area (Å²) in [7, 11) is 0. The number of nitrogens with one attached hydrogen (secondary N) is 1. The Balaban J connectivity index is 1.67. The lowest BCUT2D eigenvalue weighted by atomic mass is 9.95. The van der Waals surface area contributed by atoms with Crippen LogP contribution in [0.3, 0.4) is 0 Å². The van der Waals surface area contributed by atoms with Crippen LogP contribution < -0.4 is 5.32 Å². The van der Waals surface area contributed by atoms with Crippen molar-refractivity contribution in [3.05, 3.63) is 47.6 Å². The quantitative estimate of drug-likeness (QED) is 0.872. The highest BCUT2D eigenvalue weighted by atomic mass is 32.1. The molecule has 0 radical (unpaired) electrons. The van der Waals surface area contributed by atoms with Crippen molar-refractivity contribution in [1.82, 2.24) is 14.9 Å². The lowest BCUT2D eigenvalue weighted by molar-refractivity contribution is -0.128. The van der Waals surface area contributed by atoms with Crippen molar-refractivity contribution in [1.29, 1.82) is 0 Å². The topological polar surface area (TPSA) is 58.1 Å². The lowest BCUT2D eigenvalue weighted by Gasteiger charge is -2.32. The summed E-state index contributed by atoms with van der Waals surface area (Å²) in [6, 6.07) is 5.73. The zero-order valence-corrected chi connectivity index (χ0v) is 14.0. The number of aromatic nitrogens is 2. The van der Waals surface area contributed by atoms with Crippen LogP contribution in [0.25, 0.3) is 0 Å². The molecule has 0 saturated carbocycles. The van der Waals surface area contributed by atoms with Crippen molar-refractivity contribution in [2.75, 3.05) is 18.4 Å². The number of piperidine rings is 1. The van der Waals surface area contributed by atoms with E-state index in [0.717, 1.165) is 42.6 Å². The normalized spacial score (nSPS) is 17.8. The Bertz CT molecular complexity index is 698. The molecule has 1 aliphatic heterocycles. The fraction of sp³-hybridized carbons (Fsp3) is 0.353. The fourth-order valence-corrected chi connectivity index (χ4v) is 3.55. The van der Waals surface area contributed by atoms with Gasteiger partial charge in [0.05, 0.1) is 5.69 Å². The third-order valence-electron chi connectivity index (χ3n) is 3.91. The number of hydrogen-bond acceptors (Lipinski definition) is 5. The average Bonchev–Trinajstić information content (AvgIpc) is 3.03. The molecule has 1 unspecified atom stereocenters. The Hall–Kier alpha value is -2.21. The van der Waals surface area contributed by atoms with E-state index >= 15 is 0 Å². The maximum atomic E-state index is 12.1. The highest BCUT2D eigenvalue weighted by Gasteiger charge is 2.26. The van der Waals surface area contributed by atoms with E-state index in [1.807, 2.05) is 23.1 Å². The zero-order valence-electron chi connectivity index (χ0n) is 13.2. The Morgan fingerprint density at radius 3 is 3.09 bits per heavy atom. The minimum absolute atomic E-state index is 0.0526. The number of rotatable bonds is 4. The molecule has 23 heavy (non-hydrogen) atoms. The lowest BCUT2D eigenvalue weighted by Crippen LogP contribution is -2.39. The Morgan fingerprint density at radius 2 is 2.35 bits per heavy atom. The van der Waals surface area contributed by atoms with Crippen molar-refractivity contribution in [3.63, 3.8) is 0 Å². The van der Waals surface area contributed by atoms with Gasteiger partial charge in [0.15, 0.2) is 5.13 Å². The van der Waals surface area contributed by atoms with Gasteiger partial charge in [-0.15, -0.1) is 11.3 Å². The van der Waals surface area contributed by atoms with Crippen molar-refractivity contribution in [2.45, 2.75) is 25.7 Å². The van der Waals surface area contributed by atoms with Crippen LogP contribution in [0.4, 0.5) is 10.9 Å². The molecule has 3 rings (SSSR count). The maximum absolute atomic E-state index is 12.1. The average molecular weight is 328 g/mol. The molecule has 2 aromatic heterocycles. The molecule has 1 amide bonds. The van der Waals surface area contributed by atoms with Gasteiger partial charge in [-0.05, 0) is 31.9 Å². The summed E-state index contributed by atoms with van der Waals surface area (Å²) in [6.07, 6.45) is 3.82. The smallest absolute Gasteiger partial charge is 0.248 e. The summed E-state index contributed by atoms with van der Waals surface area (Å²) >= 11 is 1.57. The van der Waals surface area contributed by atoms with Crippen LogP contribution in [0, 0.1) is 0 Å². The molecule has 0 bridgehead atoms. The monoisotopic (exact) mass is 328 g/mol. The molecule has 3 heterocycles.